The lowest BCUT2D eigenvalue weighted by atomic mass is 10.1. The van der Waals surface area contributed by atoms with Crippen LogP contribution in [0.5, 0.6) is 11.5 Å². The van der Waals surface area contributed by atoms with Crippen molar-refractivity contribution < 1.29 is 19.1 Å². The number of Topliss-reactive ketones (excluding diaryl/α,β-unsaturated/α-hetero) is 2. The van der Waals surface area contributed by atoms with Crippen LogP contribution < -0.4 is 9.47 Å². The maximum absolute atomic E-state index is 12.6. The number of ether oxygens (including phenoxy) is 2. The van der Waals surface area contributed by atoms with Gasteiger partial charge in [-0.1, -0.05) is 54.6 Å². The fourth-order valence-corrected chi connectivity index (χ4v) is 3.00. The highest BCUT2D eigenvalue weighted by Gasteiger charge is 2.28. The molecule has 1 heterocycles. The smallest absolute Gasteiger partial charge is 0.231 e. The van der Waals surface area contributed by atoms with Gasteiger partial charge in [0.05, 0.1) is 5.56 Å². The lowest BCUT2D eigenvalue weighted by molar-refractivity contribution is 0.0921. The number of ketones is 2. The third-order valence-electron chi connectivity index (χ3n) is 4.58. The lowest BCUT2D eigenvalue weighted by Gasteiger charge is -2.07. The van der Waals surface area contributed by atoms with Crippen LogP contribution >= 0.6 is 0 Å². The summed E-state index contributed by atoms with van der Waals surface area (Å²) < 4.78 is 11.4. The van der Waals surface area contributed by atoms with Crippen LogP contribution in [-0.2, 0) is 0 Å². The predicted octanol–water partition coefficient (Wildman–Crippen LogP) is 4.87. The average Bonchev–Trinajstić information content (AvgIpc) is 3.03. The van der Waals surface area contributed by atoms with E-state index in [0.717, 1.165) is 11.1 Å². The Morgan fingerprint density at radius 1 is 1.00 bits per heavy atom. The standard InChI is InChI=1S/C24H18O4/c1-16-7-5-6-10-18(16)13-23-24(26)20-12-11-19(14-22(20)28-23)27-15-21(25)17-8-3-2-4-9-17/h2-14H,15H2,1H3/b23-13+. The number of aryl methyl sites for hydroxylation is 1. The van der Waals surface area contributed by atoms with Gasteiger partial charge < -0.3 is 9.47 Å². The molecule has 1 aliphatic rings. The van der Waals surface area contributed by atoms with Crippen LogP contribution in [-0.4, -0.2) is 18.2 Å². The molecule has 4 nitrogen and oxygen atoms in total. The van der Waals surface area contributed by atoms with E-state index in [-0.39, 0.29) is 23.9 Å². The van der Waals surface area contributed by atoms with Crippen LogP contribution in [0.2, 0.25) is 0 Å². The summed E-state index contributed by atoms with van der Waals surface area (Å²) in [6.07, 6.45) is 1.75. The number of rotatable bonds is 5. The summed E-state index contributed by atoms with van der Waals surface area (Å²) in [5.41, 5.74) is 3.08. The first-order valence-corrected chi connectivity index (χ1v) is 8.97. The van der Waals surface area contributed by atoms with Gasteiger partial charge in [0, 0.05) is 11.6 Å². The summed E-state index contributed by atoms with van der Waals surface area (Å²) >= 11 is 0. The van der Waals surface area contributed by atoms with Crippen LogP contribution in [0.3, 0.4) is 0 Å². The largest absolute Gasteiger partial charge is 0.485 e. The number of allylic oxidation sites excluding steroid dienone is 1. The van der Waals surface area contributed by atoms with Crippen molar-refractivity contribution in [3.05, 3.63) is 101 Å². The number of hydrogen-bond donors (Lipinski definition) is 0. The van der Waals surface area contributed by atoms with Crippen molar-refractivity contribution in [2.24, 2.45) is 0 Å². The molecule has 0 saturated heterocycles. The lowest BCUT2D eigenvalue weighted by Crippen LogP contribution is -2.11. The van der Waals surface area contributed by atoms with Crippen molar-refractivity contribution in [3.8, 4) is 11.5 Å². The Labute approximate surface area is 163 Å². The van der Waals surface area contributed by atoms with Crippen molar-refractivity contribution in [2.45, 2.75) is 6.92 Å². The number of hydrogen-bond acceptors (Lipinski definition) is 4. The maximum atomic E-state index is 12.6. The normalized spacial score (nSPS) is 13.9. The van der Waals surface area contributed by atoms with E-state index < -0.39 is 0 Å². The van der Waals surface area contributed by atoms with Gasteiger partial charge in [0.15, 0.2) is 18.1 Å². The first kappa shape index (κ1) is 17.7. The van der Waals surface area contributed by atoms with E-state index in [1.807, 2.05) is 49.4 Å². The SMILES string of the molecule is Cc1ccccc1/C=C1/Oc2cc(OCC(=O)c3ccccc3)ccc2C1=O. The van der Waals surface area contributed by atoms with Crippen LogP contribution in [0, 0.1) is 6.92 Å². The third kappa shape index (κ3) is 3.58. The van der Waals surface area contributed by atoms with E-state index in [9.17, 15) is 9.59 Å². The summed E-state index contributed by atoms with van der Waals surface area (Å²) in [5, 5.41) is 0. The van der Waals surface area contributed by atoms with Gasteiger partial charge in [-0.05, 0) is 36.3 Å². The number of carbonyl (C=O) groups is 2. The van der Waals surface area contributed by atoms with Crippen molar-refractivity contribution in [2.75, 3.05) is 6.61 Å². The van der Waals surface area contributed by atoms with Crippen LogP contribution in [0.1, 0.15) is 31.8 Å². The van der Waals surface area contributed by atoms with Crippen LogP contribution in [0.25, 0.3) is 6.08 Å². The molecule has 1 aliphatic heterocycles. The average molecular weight is 370 g/mol. The van der Waals surface area contributed by atoms with Crippen molar-refractivity contribution in [1.29, 1.82) is 0 Å². The molecule has 3 aromatic rings. The first-order valence-electron chi connectivity index (χ1n) is 8.97. The zero-order valence-electron chi connectivity index (χ0n) is 15.3. The van der Waals surface area contributed by atoms with Crippen LogP contribution in [0.15, 0.2) is 78.6 Å². The molecule has 0 bridgehead atoms. The highest BCUT2D eigenvalue weighted by molar-refractivity contribution is 6.14. The van der Waals surface area contributed by atoms with Crippen molar-refractivity contribution >= 4 is 17.6 Å². The number of benzene rings is 3. The van der Waals surface area contributed by atoms with Gasteiger partial charge in [-0.15, -0.1) is 0 Å². The second kappa shape index (κ2) is 7.53. The summed E-state index contributed by atoms with van der Waals surface area (Å²) in [6, 6.07) is 21.7. The molecule has 4 rings (SSSR count). The van der Waals surface area contributed by atoms with Crippen molar-refractivity contribution in [1.82, 2.24) is 0 Å². The minimum absolute atomic E-state index is 0.0807. The molecule has 0 amide bonds. The number of fused-ring (bicyclic) bond motifs is 1. The molecule has 0 aliphatic carbocycles. The molecule has 0 atom stereocenters. The minimum Gasteiger partial charge on any atom is -0.485 e. The summed E-state index contributed by atoms with van der Waals surface area (Å²) in [5.74, 6) is 0.924. The third-order valence-corrected chi connectivity index (χ3v) is 4.58. The fraction of sp³-hybridized carbons (Fsp3) is 0.0833. The second-order valence-corrected chi connectivity index (χ2v) is 6.53. The van der Waals surface area contributed by atoms with Gasteiger partial charge in [0.1, 0.15) is 11.5 Å². The molecule has 3 aromatic carbocycles. The van der Waals surface area contributed by atoms with Gasteiger partial charge in [0.25, 0.3) is 0 Å². The van der Waals surface area contributed by atoms with E-state index >= 15 is 0 Å². The van der Waals surface area contributed by atoms with E-state index in [4.69, 9.17) is 9.47 Å². The van der Waals surface area contributed by atoms with E-state index in [1.54, 1.807) is 36.4 Å². The Morgan fingerprint density at radius 3 is 2.54 bits per heavy atom. The Balaban J connectivity index is 1.50. The monoisotopic (exact) mass is 370 g/mol. The second-order valence-electron chi connectivity index (χ2n) is 6.53. The molecule has 0 saturated carbocycles. The van der Waals surface area contributed by atoms with Gasteiger partial charge in [-0.25, -0.2) is 0 Å². The Hall–Kier alpha value is -3.66. The number of carbonyl (C=O) groups excluding carboxylic acids is 2. The Kier molecular flexibility index (Phi) is 4.77. The Morgan fingerprint density at radius 2 is 1.75 bits per heavy atom. The topological polar surface area (TPSA) is 52.6 Å². The highest BCUT2D eigenvalue weighted by atomic mass is 16.5. The minimum atomic E-state index is -0.162. The molecular formula is C24H18O4. The fourth-order valence-electron chi connectivity index (χ4n) is 3.00. The van der Waals surface area contributed by atoms with Gasteiger partial charge in [-0.3, -0.25) is 9.59 Å². The molecule has 0 spiro atoms. The van der Waals surface area contributed by atoms with Crippen molar-refractivity contribution in [3.63, 3.8) is 0 Å². The van der Waals surface area contributed by atoms with E-state index in [1.165, 1.54) is 0 Å². The predicted molar refractivity (Wildman–Crippen MR) is 107 cm³/mol. The highest BCUT2D eigenvalue weighted by Crippen LogP contribution is 2.35. The van der Waals surface area contributed by atoms with Gasteiger partial charge in [0.2, 0.25) is 5.78 Å². The first-order chi connectivity index (χ1) is 13.6. The molecule has 0 N–H and O–H groups in total. The van der Waals surface area contributed by atoms with Gasteiger partial charge >= 0.3 is 0 Å². The maximum Gasteiger partial charge on any atom is 0.231 e. The molecule has 0 radical (unpaired) electrons. The molecule has 0 aromatic heterocycles. The van der Waals surface area contributed by atoms with Crippen LogP contribution in [0.4, 0.5) is 0 Å². The van der Waals surface area contributed by atoms with Gasteiger partial charge in [-0.2, -0.15) is 0 Å². The quantitative estimate of drug-likeness (QED) is 0.475. The molecule has 0 unspecified atom stereocenters. The molecule has 28 heavy (non-hydrogen) atoms. The van der Waals surface area contributed by atoms with E-state index in [0.29, 0.717) is 22.6 Å². The summed E-state index contributed by atoms with van der Waals surface area (Å²) in [7, 11) is 0. The zero-order valence-corrected chi connectivity index (χ0v) is 15.3. The van der Waals surface area contributed by atoms with E-state index in [2.05, 4.69) is 0 Å². The summed E-state index contributed by atoms with van der Waals surface area (Å²) in [4.78, 5) is 24.8. The molecule has 138 valence electrons. The molecular weight excluding hydrogens is 352 g/mol. The molecule has 0 fully saturated rings. The Bertz CT molecular complexity index is 1080. The molecule has 4 heteroatoms. The zero-order chi connectivity index (χ0) is 19.5. The summed E-state index contributed by atoms with van der Waals surface area (Å²) in [6.45, 7) is 1.90.